The van der Waals surface area contributed by atoms with Crippen LogP contribution in [0.5, 0.6) is 0 Å². The zero-order chi connectivity index (χ0) is 45.2. The van der Waals surface area contributed by atoms with E-state index in [1.54, 1.807) is 0 Å². The maximum Gasteiger partial charge on any atom is 0.0540 e. The third-order valence-corrected chi connectivity index (χ3v) is 15.6. The first kappa shape index (κ1) is 40.0. The molecular formula is C66H45NS. The molecule has 0 amide bonds. The Bertz CT molecular complexity index is 3860. The second kappa shape index (κ2) is 16.2. The Kier molecular flexibility index (Phi) is 9.56. The van der Waals surface area contributed by atoms with Crippen molar-refractivity contribution in [2.24, 2.45) is 0 Å². The molecule has 1 unspecified atom stereocenters. The van der Waals surface area contributed by atoms with Crippen LogP contribution in [0.25, 0.3) is 86.6 Å². The van der Waals surface area contributed by atoms with Gasteiger partial charge in [0.2, 0.25) is 0 Å². The van der Waals surface area contributed by atoms with E-state index in [1.807, 2.05) is 11.3 Å². The summed E-state index contributed by atoms with van der Waals surface area (Å²) >= 11 is 1.88. The monoisotopic (exact) mass is 883 g/mol. The molecule has 13 rings (SSSR count). The standard InChI is InChI=1S/C66H45NS/c1-66(49-23-6-3-7-24-49)60-33-11-8-26-54(60)55-41-38-47(43-61(55)66)44-36-39-50(40-37-44)67(51-25-14-22-48(42-51)53-30-17-32-59-57-28-10-13-35-63(57)68-65(53)59)62-34-12-9-27-56(62)58-31-16-21-46-20-15-29-52(64(46)58)45-18-4-2-5-19-45/h2-43H,1H3. The fraction of sp³-hybridized carbons (Fsp3) is 0.0303. The highest BCUT2D eigenvalue weighted by Gasteiger charge is 2.40. The quantitative estimate of drug-likeness (QED) is 0.147. The minimum absolute atomic E-state index is 0.267. The van der Waals surface area contributed by atoms with Crippen LogP contribution in [0.2, 0.25) is 0 Å². The molecule has 0 bridgehead atoms. The Balaban J connectivity index is 0.980. The van der Waals surface area contributed by atoms with Crippen molar-refractivity contribution in [3.05, 3.63) is 271 Å². The van der Waals surface area contributed by atoms with Gasteiger partial charge in [0.05, 0.1) is 5.69 Å². The Morgan fingerprint density at radius 1 is 0.353 bits per heavy atom. The summed E-state index contributed by atoms with van der Waals surface area (Å²) in [6.07, 6.45) is 0. The molecular weight excluding hydrogens is 839 g/mol. The lowest BCUT2D eigenvalue weighted by atomic mass is 9.74. The summed E-state index contributed by atoms with van der Waals surface area (Å²) in [7, 11) is 0. The van der Waals surface area contributed by atoms with E-state index in [0.29, 0.717) is 0 Å². The number of rotatable bonds is 8. The topological polar surface area (TPSA) is 3.24 Å². The zero-order valence-corrected chi connectivity index (χ0v) is 38.4. The van der Waals surface area contributed by atoms with Crippen molar-refractivity contribution in [1.29, 1.82) is 0 Å². The van der Waals surface area contributed by atoms with E-state index in [4.69, 9.17) is 0 Å². The SMILES string of the molecule is CC1(c2ccccc2)c2ccccc2-c2ccc(-c3ccc(N(c4cccc(-c5cccc6c5sc5ccccc56)c4)c4ccccc4-c4cccc5cccc(-c6ccccc6)c45)cc3)cc21. The maximum absolute atomic E-state index is 2.46. The lowest BCUT2D eigenvalue weighted by molar-refractivity contribution is 0.714. The average Bonchev–Trinajstić information content (AvgIpc) is 3.92. The fourth-order valence-electron chi connectivity index (χ4n) is 11.1. The van der Waals surface area contributed by atoms with E-state index >= 15 is 0 Å². The molecule has 0 radical (unpaired) electrons. The number of thiophene rings is 1. The Morgan fingerprint density at radius 2 is 0.956 bits per heavy atom. The van der Waals surface area contributed by atoms with Gasteiger partial charge in [-0.2, -0.15) is 0 Å². The van der Waals surface area contributed by atoms with Gasteiger partial charge in [0.15, 0.2) is 0 Å². The van der Waals surface area contributed by atoms with Crippen molar-refractivity contribution in [3.8, 4) is 55.6 Å². The Hall–Kier alpha value is -8.30. The normalized spacial score (nSPS) is 14.0. The molecule has 1 aromatic heterocycles. The molecule has 0 spiro atoms. The second-order valence-corrected chi connectivity index (χ2v) is 19.2. The van der Waals surface area contributed by atoms with E-state index in [2.05, 4.69) is 267 Å². The minimum Gasteiger partial charge on any atom is -0.310 e. The van der Waals surface area contributed by atoms with Gasteiger partial charge in [-0.15, -0.1) is 11.3 Å². The lowest BCUT2D eigenvalue weighted by Gasteiger charge is -2.29. The highest BCUT2D eigenvalue weighted by atomic mass is 32.1. The Morgan fingerprint density at radius 3 is 1.79 bits per heavy atom. The Labute approximate surface area is 401 Å². The van der Waals surface area contributed by atoms with Gasteiger partial charge < -0.3 is 4.90 Å². The average molecular weight is 884 g/mol. The number of hydrogen-bond donors (Lipinski definition) is 0. The lowest BCUT2D eigenvalue weighted by Crippen LogP contribution is -2.22. The summed E-state index contributed by atoms with van der Waals surface area (Å²) in [6.45, 7) is 2.39. The first-order chi connectivity index (χ1) is 33.6. The summed E-state index contributed by atoms with van der Waals surface area (Å²) < 4.78 is 2.62. The third-order valence-electron chi connectivity index (χ3n) is 14.4. The molecule has 320 valence electrons. The van der Waals surface area contributed by atoms with Crippen molar-refractivity contribution in [1.82, 2.24) is 0 Å². The number of fused-ring (bicyclic) bond motifs is 7. The first-order valence-electron chi connectivity index (χ1n) is 23.5. The molecule has 0 saturated carbocycles. The van der Waals surface area contributed by atoms with Crippen molar-refractivity contribution in [2.45, 2.75) is 12.3 Å². The number of anilines is 3. The van der Waals surface area contributed by atoms with Gasteiger partial charge in [-0.25, -0.2) is 0 Å². The smallest absolute Gasteiger partial charge is 0.0540 e. The molecule has 1 nitrogen and oxygen atoms in total. The molecule has 1 aliphatic carbocycles. The first-order valence-corrected chi connectivity index (χ1v) is 24.3. The van der Waals surface area contributed by atoms with Gasteiger partial charge in [0.1, 0.15) is 0 Å². The highest BCUT2D eigenvalue weighted by Crippen LogP contribution is 2.53. The van der Waals surface area contributed by atoms with Gasteiger partial charge in [-0.3, -0.25) is 0 Å². The van der Waals surface area contributed by atoms with Crippen LogP contribution in [0.4, 0.5) is 17.1 Å². The molecule has 0 aliphatic heterocycles. The predicted molar refractivity (Wildman–Crippen MR) is 291 cm³/mol. The minimum atomic E-state index is -0.267. The molecule has 1 aliphatic rings. The van der Waals surface area contributed by atoms with Crippen LogP contribution in [0.3, 0.4) is 0 Å². The second-order valence-electron chi connectivity index (χ2n) is 18.1. The summed E-state index contributed by atoms with van der Waals surface area (Å²) in [6, 6.07) is 94.0. The van der Waals surface area contributed by atoms with Crippen LogP contribution >= 0.6 is 11.3 Å². The summed E-state index contributed by atoms with van der Waals surface area (Å²) in [5.41, 5.74) is 19.3. The summed E-state index contributed by atoms with van der Waals surface area (Å²) in [5.74, 6) is 0. The fourth-order valence-corrected chi connectivity index (χ4v) is 12.3. The van der Waals surface area contributed by atoms with Crippen LogP contribution in [-0.4, -0.2) is 0 Å². The molecule has 0 N–H and O–H groups in total. The van der Waals surface area contributed by atoms with Crippen molar-refractivity contribution in [2.75, 3.05) is 4.90 Å². The summed E-state index contributed by atoms with van der Waals surface area (Å²) in [5, 5.41) is 5.07. The molecule has 0 saturated heterocycles. The molecule has 1 heterocycles. The van der Waals surface area contributed by atoms with E-state index in [0.717, 1.165) is 17.1 Å². The third kappa shape index (κ3) is 6.44. The highest BCUT2D eigenvalue weighted by molar-refractivity contribution is 7.26. The van der Waals surface area contributed by atoms with Crippen molar-refractivity contribution < 1.29 is 0 Å². The van der Waals surface area contributed by atoms with E-state index < -0.39 is 0 Å². The summed E-state index contributed by atoms with van der Waals surface area (Å²) in [4.78, 5) is 2.46. The van der Waals surface area contributed by atoms with Crippen LogP contribution in [0.1, 0.15) is 23.6 Å². The number of para-hydroxylation sites is 1. The van der Waals surface area contributed by atoms with Crippen molar-refractivity contribution >= 4 is 59.3 Å². The molecule has 1 atom stereocenters. The van der Waals surface area contributed by atoms with Gasteiger partial charge in [0, 0.05) is 42.5 Å². The predicted octanol–water partition coefficient (Wildman–Crippen LogP) is 18.7. The molecule has 12 aromatic rings. The molecule has 11 aromatic carbocycles. The maximum atomic E-state index is 2.46. The largest absolute Gasteiger partial charge is 0.310 e. The van der Waals surface area contributed by atoms with Crippen LogP contribution in [-0.2, 0) is 5.41 Å². The number of hydrogen-bond acceptors (Lipinski definition) is 2. The molecule has 68 heavy (non-hydrogen) atoms. The van der Waals surface area contributed by atoms with Crippen LogP contribution < -0.4 is 4.90 Å². The van der Waals surface area contributed by atoms with Gasteiger partial charge in [0.25, 0.3) is 0 Å². The van der Waals surface area contributed by atoms with E-state index in [9.17, 15) is 0 Å². The molecule has 2 heteroatoms. The van der Waals surface area contributed by atoms with Gasteiger partial charge in [-0.1, -0.05) is 212 Å². The van der Waals surface area contributed by atoms with E-state index in [-0.39, 0.29) is 5.41 Å². The van der Waals surface area contributed by atoms with E-state index in [1.165, 1.54) is 103 Å². The van der Waals surface area contributed by atoms with Crippen LogP contribution in [0, 0.1) is 0 Å². The van der Waals surface area contributed by atoms with Gasteiger partial charge in [-0.05, 0) is 127 Å². The zero-order valence-electron chi connectivity index (χ0n) is 37.6. The molecule has 0 fully saturated rings. The number of nitrogens with zero attached hydrogens (tertiary/aromatic N) is 1. The number of benzene rings is 11. The van der Waals surface area contributed by atoms with Crippen LogP contribution in [0.15, 0.2) is 255 Å². The van der Waals surface area contributed by atoms with Gasteiger partial charge >= 0.3 is 0 Å². The van der Waals surface area contributed by atoms with Crippen molar-refractivity contribution in [3.63, 3.8) is 0 Å².